The van der Waals surface area contributed by atoms with E-state index in [4.69, 9.17) is 11.6 Å². The molecule has 2 saturated heterocycles. The van der Waals surface area contributed by atoms with Crippen LogP contribution in [0.2, 0.25) is 5.02 Å². The molecule has 1 aromatic heterocycles. The summed E-state index contributed by atoms with van der Waals surface area (Å²) >= 11 is 6.16. The van der Waals surface area contributed by atoms with Crippen LogP contribution in [0, 0.1) is 0 Å². The molecular weight excluding hydrogens is 476 g/mol. The fraction of sp³-hybridized carbons (Fsp3) is 0.593. The van der Waals surface area contributed by atoms with Crippen molar-refractivity contribution in [1.82, 2.24) is 24.7 Å². The summed E-state index contributed by atoms with van der Waals surface area (Å²) < 4.78 is 0. The first-order valence-corrected chi connectivity index (χ1v) is 13.6. The number of amides is 1. The van der Waals surface area contributed by atoms with Gasteiger partial charge in [0.15, 0.2) is 0 Å². The number of fused-ring (bicyclic) bond motifs is 1. The standard InChI is InChI=1S/C27H37ClN6O2/c1-3-31-8-10-32(11-9-31)17-22(20-4-6-21(28)7-5-20)27(36)34-14-12-33(13-15-34)26-24-19(2)16-23(35)25(24)29-18-30-26/h4-7,18-19,22-23,35H,3,8-17H2,1-2H3/t19-,22?,23-/m1/s1. The lowest BCUT2D eigenvalue weighted by atomic mass is 9.96. The minimum atomic E-state index is -0.515. The Morgan fingerprint density at radius 3 is 2.36 bits per heavy atom. The smallest absolute Gasteiger partial charge is 0.231 e. The number of aliphatic hydroxyl groups is 1. The number of piperazine rings is 2. The Labute approximate surface area is 218 Å². The maximum Gasteiger partial charge on any atom is 0.231 e. The van der Waals surface area contributed by atoms with E-state index in [0.717, 1.165) is 75.0 Å². The highest BCUT2D eigenvalue weighted by Crippen LogP contribution is 2.42. The Morgan fingerprint density at radius 1 is 1.03 bits per heavy atom. The number of aliphatic hydroxyl groups excluding tert-OH is 1. The minimum Gasteiger partial charge on any atom is -0.387 e. The number of rotatable bonds is 6. The van der Waals surface area contributed by atoms with Gasteiger partial charge < -0.3 is 19.8 Å². The summed E-state index contributed by atoms with van der Waals surface area (Å²) in [5.41, 5.74) is 2.85. The molecule has 9 heteroatoms. The number of benzene rings is 1. The monoisotopic (exact) mass is 512 g/mol. The summed E-state index contributed by atoms with van der Waals surface area (Å²) in [6, 6.07) is 7.77. The molecule has 2 fully saturated rings. The maximum absolute atomic E-state index is 13.9. The molecule has 8 nitrogen and oxygen atoms in total. The SMILES string of the molecule is CCN1CCN(CC(C(=O)N2CCN(c3ncnc4c3[C@H](C)C[C@H]4O)CC2)c2ccc(Cl)cc2)CC1. The molecule has 5 rings (SSSR count). The Morgan fingerprint density at radius 2 is 1.69 bits per heavy atom. The van der Waals surface area contributed by atoms with Crippen LogP contribution in [0.15, 0.2) is 30.6 Å². The van der Waals surface area contributed by atoms with Gasteiger partial charge in [-0.25, -0.2) is 9.97 Å². The van der Waals surface area contributed by atoms with Crippen LogP contribution >= 0.6 is 11.6 Å². The molecule has 3 atom stereocenters. The Kier molecular flexibility index (Phi) is 7.76. The predicted molar refractivity (Wildman–Crippen MR) is 142 cm³/mol. The molecule has 1 amide bonds. The number of hydrogen-bond acceptors (Lipinski definition) is 7. The van der Waals surface area contributed by atoms with E-state index < -0.39 is 6.10 Å². The van der Waals surface area contributed by atoms with Crippen LogP contribution < -0.4 is 4.90 Å². The Bertz CT molecular complexity index is 1050. The highest BCUT2D eigenvalue weighted by molar-refractivity contribution is 6.30. The van der Waals surface area contributed by atoms with Gasteiger partial charge in [-0.3, -0.25) is 9.69 Å². The van der Waals surface area contributed by atoms with Crippen molar-refractivity contribution in [1.29, 1.82) is 0 Å². The van der Waals surface area contributed by atoms with Crippen LogP contribution in [-0.2, 0) is 4.79 Å². The molecule has 194 valence electrons. The first-order valence-electron chi connectivity index (χ1n) is 13.2. The zero-order valence-electron chi connectivity index (χ0n) is 21.3. The van der Waals surface area contributed by atoms with Gasteiger partial charge in [-0.2, -0.15) is 0 Å². The molecule has 2 aromatic rings. The molecule has 0 spiro atoms. The second-order valence-corrected chi connectivity index (χ2v) is 10.7. The van der Waals surface area contributed by atoms with E-state index in [9.17, 15) is 9.90 Å². The summed E-state index contributed by atoms with van der Waals surface area (Å²) in [6.45, 7) is 13.0. The first-order chi connectivity index (χ1) is 17.4. The summed E-state index contributed by atoms with van der Waals surface area (Å²) in [5.74, 6) is 1.12. The third kappa shape index (κ3) is 5.23. The second-order valence-electron chi connectivity index (χ2n) is 10.3. The third-order valence-corrected chi connectivity index (χ3v) is 8.35. The molecule has 3 heterocycles. The van der Waals surface area contributed by atoms with Gasteiger partial charge in [-0.15, -0.1) is 0 Å². The molecule has 3 aliphatic rings. The number of nitrogens with zero attached hydrogens (tertiary/aromatic N) is 6. The van der Waals surface area contributed by atoms with Crippen molar-refractivity contribution in [3.63, 3.8) is 0 Å². The predicted octanol–water partition coefficient (Wildman–Crippen LogP) is 2.74. The van der Waals surface area contributed by atoms with Crippen LogP contribution in [0.5, 0.6) is 0 Å². The topological polar surface area (TPSA) is 76.0 Å². The molecular formula is C27H37ClN6O2. The zero-order valence-corrected chi connectivity index (χ0v) is 22.1. The number of likely N-dealkylation sites (N-methyl/N-ethyl adjacent to an activating group) is 1. The van der Waals surface area contributed by atoms with Crippen molar-refractivity contribution in [3.8, 4) is 0 Å². The zero-order chi connectivity index (χ0) is 25.2. The van der Waals surface area contributed by atoms with Gasteiger partial charge in [-0.1, -0.05) is 37.6 Å². The number of carbonyl (C=O) groups is 1. The average Bonchev–Trinajstić information content (AvgIpc) is 3.21. The summed E-state index contributed by atoms with van der Waals surface area (Å²) in [4.78, 5) is 32.0. The highest BCUT2D eigenvalue weighted by atomic mass is 35.5. The van der Waals surface area contributed by atoms with Crippen molar-refractivity contribution in [2.45, 2.75) is 38.2 Å². The number of carbonyl (C=O) groups excluding carboxylic acids is 1. The van der Waals surface area contributed by atoms with Gasteiger partial charge in [0, 0.05) is 69.5 Å². The molecule has 1 aromatic carbocycles. The molecule has 1 aliphatic carbocycles. The molecule has 0 saturated carbocycles. The first kappa shape index (κ1) is 25.4. The molecule has 1 N–H and O–H groups in total. The normalized spacial score (nSPS) is 24.1. The van der Waals surface area contributed by atoms with Crippen molar-refractivity contribution < 1.29 is 9.90 Å². The van der Waals surface area contributed by atoms with Crippen LogP contribution in [-0.4, -0.2) is 101 Å². The van der Waals surface area contributed by atoms with Crippen LogP contribution in [0.3, 0.4) is 0 Å². The van der Waals surface area contributed by atoms with Gasteiger partial charge in [0.1, 0.15) is 12.1 Å². The van der Waals surface area contributed by atoms with E-state index in [1.54, 1.807) is 6.33 Å². The number of hydrogen-bond donors (Lipinski definition) is 1. The highest BCUT2D eigenvalue weighted by Gasteiger charge is 2.35. The maximum atomic E-state index is 13.9. The van der Waals surface area contributed by atoms with E-state index in [-0.39, 0.29) is 17.7 Å². The van der Waals surface area contributed by atoms with E-state index in [1.807, 2.05) is 29.2 Å². The average molecular weight is 513 g/mol. The largest absolute Gasteiger partial charge is 0.387 e. The van der Waals surface area contributed by atoms with Crippen LogP contribution in [0.25, 0.3) is 0 Å². The second kappa shape index (κ2) is 11.0. The quantitative estimate of drug-likeness (QED) is 0.637. The van der Waals surface area contributed by atoms with Crippen molar-refractivity contribution >= 4 is 23.3 Å². The van der Waals surface area contributed by atoms with Crippen molar-refractivity contribution in [2.75, 3.05) is 70.3 Å². The van der Waals surface area contributed by atoms with Crippen molar-refractivity contribution in [2.24, 2.45) is 0 Å². The van der Waals surface area contributed by atoms with E-state index >= 15 is 0 Å². The molecule has 0 radical (unpaired) electrons. The summed E-state index contributed by atoms with van der Waals surface area (Å²) in [6.07, 6.45) is 1.73. The van der Waals surface area contributed by atoms with Gasteiger partial charge >= 0.3 is 0 Å². The van der Waals surface area contributed by atoms with Crippen molar-refractivity contribution in [3.05, 3.63) is 52.4 Å². The molecule has 1 unspecified atom stereocenters. The summed E-state index contributed by atoms with van der Waals surface area (Å²) in [5, 5.41) is 11.0. The molecule has 36 heavy (non-hydrogen) atoms. The third-order valence-electron chi connectivity index (χ3n) is 8.09. The lowest BCUT2D eigenvalue weighted by molar-refractivity contribution is -0.133. The van der Waals surface area contributed by atoms with Gasteiger partial charge in [0.2, 0.25) is 5.91 Å². The van der Waals surface area contributed by atoms with Gasteiger partial charge in [0.05, 0.1) is 17.7 Å². The van der Waals surface area contributed by atoms with E-state index in [2.05, 4.69) is 38.5 Å². The molecule has 0 bridgehead atoms. The fourth-order valence-corrected chi connectivity index (χ4v) is 6.01. The van der Waals surface area contributed by atoms with Gasteiger partial charge in [-0.05, 0) is 36.6 Å². The number of aromatic nitrogens is 2. The Hall–Kier alpha value is -2.26. The Balaban J connectivity index is 1.28. The lowest BCUT2D eigenvalue weighted by Gasteiger charge is -2.40. The number of halogens is 1. The summed E-state index contributed by atoms with van der Waals surface area (Å²) in [7, 11) is 0. The van der Waals surface area contributed by atoms with Gasteiger partial charge in [0.25, 0.3) is 0 Å². The minimum absolute atomic E-state index is 0.187. The van der Waals surface area contributed by atoms with Crippen LogP contribution in [0.4, 0.5) is 5.82 Å². The lowest BCUT2D eigenvalue weighted by Crippen LogP contribution is -2.53. The fourth-order valence-electron chi connectivity index (χ4n) is 5.88. The van der Waals surface area contributed by atoms with E-state index in [1.165, 1.54) is 0 Å². The number of anilines is 1. The van der Waals surface area contributed by atoms with Crippen LogP contribution in [0.1, 0.15) is 55.0 Å². The molecule has 2 aliphatic heterocycles. The van der Waals surface area contributed by atoms with E-state index in [0.29, 0.717) is 24.5 Å².